The first-order valence-corrected chi connectivity index (χ1v) is 6.53. The second kappa shape index (κ2) is 7.31. The minimum absolute atomic E-state index is 0.0538. The van der Waals surface area contributed by atoms with Gasteiger partial charge in [0.15, 0.2) is 0 Å². The van der Waals surface area contributed by atoms with Crippen LogP contribution < -0.4 is 5.32 Å². The summed E-state index contributed by atoms with van der Waals surface area (Å²) in [4.78, 5) is 26.6. The molecule has 5 nitrogen and oxygen atoms in total. The molecule has 1 heterocycles. The number of carboxylic acid groups (broad SMARTS) is 1. The summed E-state index contributed by atoms with van der Waals surface area (Å²) in [5.74, 6) is -2.00. The predicted octanol–water partition coefficient (Wildman–Crippen LogP) is 2.62. The van der Waals surface area contributed by atoms with Crippen molar-refractivity contribution in [3.63, 3.8) is 0 Å². The molecule has 1 unspecified atom stereocenters. The van der Waals surface area contributed by atoms with E-state index in [1.165, 1.54) is 12.3 Å². The molecule has 7 heteroatoms. The fraction of sp³-hybridized carbons (Fsp3) is 0.417. The molecule has 1 atom stereocenters. The molecule has 1 rings (SSSR count). The van der Waals surface area contributed by atoms with E-state index in [-0.39, 0.29) is 22.3 Å². The molecule has 0 aliphatic carbocycles. The second-order valence-electron chi connectivity index (χ2n) is 4.02. The fourth-order valence-corrected chi connectivity index (χ4v) is 1.91. The highest BCUT2D eigenvalue weighted by Crippen LogP contribution is 2.18. The largest absolute Gasteiger partial charge is 0.481 e. The fourth-order valence-electron chi connectivity index (χ4n) is 1.56. The number of halogens is 2. The highest BCUT2D eigenvalue weighted by Gasteiger charge is 2.18. The Morgan fingerprint density at radius 1 is 1.47 bits per heavy atom. The van der Waals surface area contributed by atoms with Gasteiger partial charge in [0.25, 0.3) is 5.91 Å². The number of rotatable bonds is 6. The number of aliphatic carboxylic acids is 1. The molecule has 1 aromatic rings. The van der Waals surface area contributed by atoms with Crippen molar-refractivity contribution in [3.8, 4) is 0 Å². The lowest BCUT2D eigenvalue weighted by Crippen LogP contribution is -2.33. The van der Waals surface area contributed by atoms with Crippen LogP contribution in [0.15, 0.2) is 12.3 Å². The summed E-state index contributed by atoms with van der Waals surface area (Å²) >= 11 is 11.5. The maximum absolute atomic E-state index is 11.9. The lowest BCUT2D eigenvalue weighted by Gasteiger charge is -2.12. The van der Waals surface area contributed by atoms with Crippen molar-refractivity contribution in [3.05, 3.63) is 28.0 Å². The Morgan fingerprint density at radius 3 is 2.74 bits per heavy atom. The summed E-state index contributed by atoms with van der Waals surface area (Å²) in [5.41, 5.74) is 0.183. The van der Waals surface area contributed by atoms with Gasteiger partial charge in [0.2, 0.25) is 0 Å². The predicted molar refractivity (Wildman–Crippen MR) is 72.6 cm³/mol. The minimum atomic E-state index is -0.930. The Morgan fingerprint density at radius 2 is 2.16 bits per heavy atom. The van der Waals surface area contributed by atoms with Crippen LogP contribution in [0, 0.1) is 5.92 Å². The van der Waals surface area contributed by atoms with E-state index in [1.54, 1.807) is 0 Å². The van der Waals surface area contributed by atoms with E-state index in [9.17, 15) is 9.59 Å². The van der Waals surface area contributed by atoms with Crippen LogP contribution in [0.5, 0.6) is 0 Å². The van der Waals surface area contributed by atoms with Crippen LogP contribution in [-0.2, 0) is 4.79 Å². The van der Waals surface area contributed by atoms with E-state index in [4.69, 9.17) is 28.3 Å². The van der Waals surface area contributed by atoms with Crippen LogP contribution in [0.4, 0.5) is 0 Å². The monoisotopic (exact) mass is 304 g/mol. The third-order valence-electron chi connectivity index (χ3n) is 2.56. The van der Waals surface area contributed by atoms with Crippen molar-refractivity contribution < 1.29 is 14.7 Å². The number of hydrogen-bond donors (Lipinski definition) is 2. The molecule has 2 N–H and O–H groups in total. The van der Waals surface area contributed by atoms with Crippen LogP contribution >= 0.6 is 23.2 Å². The molecule has 1 amide bonds. The number of nitrogens with one attached hydrogen (secondary N) is 1. The third-order valence-corrected chi connectivity index (χ3v) is 3.07. The number of amides is 1. The van der Waals surface area contributed by atoms with E-state index < -0.39 is 17.8 Å². The molecular formula is C12H14Cl2N2O3. The molecule has 0 aromatic carbocycles. The van der Waals surface area contributed by atoms with Gasteiger partial charge in [0.05, 0.1) is 16.5 Å². The zero-order valence-electron chi connectivity index (χ0n) is 10.3. The van der Waals surface area contributed by atoms with Gasteiger partial charge < -0.3 is 10.4 Å². The summed E-state index contributed by atoms with van der Waals surface area (Å²) in [5, 5.41) is 11.8. The topological polar surface area (TPSA) is 79.3 Å². The van der Waals surface area contributed by atoms with Gasteiger partial charge >= 0.3 is 5.97 Å². The Balaban J connectivity index is 2.69. The van der Waals surface area contributed by atoms with Crippen molar-refractivity contribution in [2.45, 2.75) is 19.8 Å². The Kier molecular flexibility index (Phi) is 6.05. The molecule has 0 radical (unpaired) electrons. The average Bonchev–Trinajstić information content (AvgIpc) is 2.36. The molecule has 0 spiro atoms. The average molecular weight is 305 g/mol. The van der Waals surface area contributed by atoms with Gasteiger partial charge in [-0.1, -0.05) is 36.5 Å². The van der Waals surface area contributed by atoms with Crippen molar-refractivity contribution in [2.75, 3.05) is 6.54 Å². The van der Waals surface area contributed by atoms with Gasteiger partial charge in [-0.25, -0.2) is 4.98 Å². The van der Waals surface area contributed by atoms with Crippen LogP contribution in [0.1, 0.15) is 30.1 Å². The van der Waals surface area contributed by atoms with E-state index in [1.807, 2.05) is 6.92 Å². The zero-order valence-corrected chi connectivity index (χ0v) is 11.8. The summed E-state index contributed by atoms with van der Waals surface area (Å²) in [7, 11) is 0. The molecule has 0 fully saturated rings. The van der Waals surface area contributed by atoms with Gasteiger partial charge in [-0.15, -0.1) is 0 Å². The molecule has 0 aliphatic rings. The Bertz CT molecular complexity index is 480. The van der Waals surface area contributed by atoms with Crippen molar-refractivity contribution in [2.24, 2.45) is 5.92 Å². The van der Waals surface area contributed by atoms with E-state index in [0.717, 1.165) is 6.42 Å². The van der Waals surface area contributed by atoms with Gasteiger partial charge in [0, 0.05) is 12.7 Å². The molecule has 1 aromatic heterocycles. The van der Waals surface area contributed by atoms with E-state index in [2.05, 4.69) is 10.3 Å². The van der Waals surface area contributed by atoms with Crippen molar-refractivity contribution in [1.29, 1.82) is 0 Å². The summed E-state index contributed by atoms with van der Waals surface area (Å²) in [6, 6.07) is 1.34. The minimum Gasteiger partial charge on any atom is -0.481 e. The van der Waals surface area contributed by atoms with Crippen molar-refractivity contribution in [1.82, 2.24) is 10.3 Å². The number of carboxylic acids is 1. The summed E-state index contributed by atoms with van der Waals surface area (Å²) < 4.78 is 0. The molecule has 104 valence electrons. The smallest absolute Gasteiger partial charge is 0.308 e. The number of hydrogen-bond acceptors (Lipinski definition) is 3. The van der Waals surface area contributed by atoms with E-state index in [0.29, 0.717) is 6.42 Å². The van der Waals surface area contributed by atoms with Crippen molar-refractivity contribution >= 4 is 35.1 Å². The molecule has 0 saturated heterocycles. The number of carbonyl (C=O) groups excluding carboxylic acids is 1. The molecular weight excluding hydrogens is 291 g/mol. The standard InChI is InChI=1S/C12H14Cl2N2O3/c1-2-3-7(12(18)19)5-16-11(17)8-4-10(14)15-6-9(8)13/h4,6-7H,2-3,5H2,1H3,(H,16,17)(H,18,19). The number of nitrogens with zero attached hydrogens (tertiary/aromatic N) is 1. The molecule has 0 saturated carbocycles. The van der Waals surface area contributed by atoms with E-state index >= 15 is 0 Å². The SMILES string of the molecule is CCCC(CNC(=O)c1cc(Cl)ncc1Cl)C(=O)O. The highest BCUT2D eigenvalue weighted by atomic mass is 35.5. The number of pyridine rings is 1. The zero-order chi connectivity index (χ0) is 14.4. The van der Waals surface area contributed by atoms with Gasteiger partial charge in [-0.3, -0.25) is 9.59 Å². The second-order valence-corrected chi connectivity index (χ2v) is 4.82. The summed E-state index contributed by atoms with van der Waals surface area (Å²) in [6.07, 6.45) is 2.51. The summed E-state index contributed by atoms with van der Waals surface area (Å²) in [6.45, 7) is 1.94. The molecule has 19 heavy (non-hydrogen) atoms. The highest BCUT2D eigenvalue weighted by molar-refractivity contribution is 6.35. The van der Waals surface area contributed by atoms with Gasteiger partial charge in [-0.05, 0) is 12.5 Å². The van der Waals surface area contributed by atoms with Crippen LogP contribution in [0.2, 0.25) is 10.2 Å². The van der Waals surface area contributed by atoms with Crippen LogP contribution in [0.25, 0.3) is 0 Å². The lowest BCUT2D eigenvalue weighted by atomic mass is 10.0. The third kappa shape index (κ3) is 4.69. The number of aromatic nitrogens is 1. The maximum Gasteiger partial charge on any atom is 0.308 e. The number of carbonyl (C=O) groups is 2. The molecule has 0 aliphatic heterocycles. The van der Waals surface area contributed by atoms with Gasteiger partial charge in [-0.2, -0.15) is 0 Å². The van der Waals surface area contributed by atoms with Gasteiger partial charge in [0.1, 0.15) is 5.15 Å². The maximum atomic E-state index is 11.9. The Labute approximate surface area is 120 Å². The van der Waals surface area contributed by atoms with Crippen LogP contribution in [-0.4, -0.2) is 28.5 Å². The first-order chi connectivity index (χ1) is 8.95. The molecule has 0 bridgehead atoms. The normalized spacial score (nSPS) is 11.9. The first-order valence-electron chi connectivity index (χ1n) is 5.77. The Hall–Kier alpha value is -1.33. The lowest BCUT2D eigenvalue weighted by molar-refractivity contribution is -0.141. The van der Waals surface area contributed by atoms with Crippen LogP contribution in [0.3, 0.4) is 0 Å². The first kappa shape index (κ1) is 15.7. The quantitative estimate of drug-likeness (QED) is 0.792.